The molecule has 2 N–H and O–H groups in total. The van der Waals surface area contributed by atoms with Crippen LogP contribution in [0.5, 0.6) is 0 Å². The van der Waals surface area contributed by atoms with Crippen molar-refractivity contribution in [2.45, 2.75) is 0 Å². The second-order valence-corrected chi connectivity index (χ2v) is 3.98. The highest BCUT2D eigenvalue weighted by Crippen LogP contribution is 2.24. The van der Waals surface area contributed by atoms with E-state index in [0.717, 1.165) is 0 Å². The molecule has 1 aliphatic rings. The summed E-state index contributed by atoms with van der Waals surface area (Å²) in [7, 11) is 0. The fraction of sp³-hybridized carbons (Fsp3) is 0.222. The predicted octanol–water partition coefficient (Wildman–Crippen LogP) is 2.03. The van der Waals surface area contributed by atoms with Crippen molar-refractivity contribution in [3.8, 4) is 0 Å². The molecule has 2 amide bonds. The van der Waals surface area contributed by atoms with Gasteiger partial charge in [0.25, 0.3) is 0 Å². The van der Waals surface area contributed by atoms with Crippen LogP contribution in [0.25, 0.3) is 0 Å². The van der Waals surface area contributed by atoms with Crippen LogP contribution in [-0.2, 0) is 0 Å². The summed E-state index contributed by atoms with van der Waals surface area (Å²) in [5, 5.41) is 5.09. The Labute approximate surface area is 97.1 Å². The normalized spacial score (nSPS) is 16.4. The Balaban J connectivity index is 2.31. The molecule has 2 rings (SSSR count). The Kier molecular flexibility index (Phi) is 3.00. The third-order valence-electron chi connectivity index (χ3n) is 1.98. The van der Waals surface area contributed by atoms with Gasteiger partial charge in [-0.05, 0) is 18.2 Å². The lowest BCUT2D eigenvalue weighted by Crippen LogP contribution is -2.56. The lowest BCUT2D eigenvalue weighted by atomic mass is 10.3. The maximum atomic E-state index is 11.5. The summed E-state index contributed by atoms with van der Waals surface area (Å²) >= 11 is 11.7. The lowest BCUT2D eigenvalue weighted by molar-refractivity contribution is 0.239. The van der Waals surface area contributed by atoms with Crippen molar-refractivity contribution in [1.29, 1.82) is 0 Å². The number of carbonyl (C=O) groups is 1. The number of benzene rings is 1. The van der Waals surface area contributed by atoms with Crippen molar-refractivity contribution in [3.05, 3.63) is 28.2 Å². The summed E-state index contributed by atoms with van der Waals surface area (Å²) in [6.07, 6.45) is 0. The second kappa shape index (κ2) is 4.26. The van der Waals surface area contributed by atoms with Crippen LogP contribution in [0.1, 0.15) is 0 Å². The number of nitrogens with one attached hydrogen (secondary N) is 2. The quantitative estimate of drug-likeness (QED) is 0.796. The zero-order valence-electron chi connectivity index (χ0n) is 7.76. The number of urea groups is 1. The average molecular weight is 246 g/mol. The number of halogens is 2. The summed E-state index contributed by atoms with van der Waals surface area (Å²) in [6.45, 7) is 1.29. The minimum atomic E-state index is -0.209. The molecule has 0 aliphatic carbocycles. The first-order chi connectivity index (χ1) is 7.16. The highest BCUT2D eigenvalue weighted by atomic mass is 35.5. The molecule has 0 saturated carbocycles. The van der Waals surface area contributed by atoms with E-state index >= 15 is 0 Å². The molecule has 0 spiro atoms. The first kappa shape index (κ1) is 10.5. The first-order valence-corrected chi connectivity index (χ1v) is 5.20. The molecule has 1 aliphatic heterocycles. The Morgan fingerprint density at radius 2 is 1.80 bits per heavy atom. The zero-order chi connectivity index (χ0) is 10.8. The monoisotopic (exact) mass is 245 g/mol. The van der Waals surface area contributed by atoms with E-state index in [1.807, 2.05) is 0 Å². The van der Waals surface area contributed by atoms with E-state index in [1.54, 1.807) is 18.2 Å². The number of nitrogens with zero attached hydrogens (tertiary/aromatic N) is 1. The lowest BCUT2D eigenvalue weighted by Gasteiger charge is -2.28. The minimum absolute atomic E-state index is 0.209. The maximum absolute atomic E-state index is 11.5. The van der Waals surface area contributed by atoms with Gasteiger partial charge in [0.15, 0.2) is 0 Å². The summed E-state index contributed by atoms with van der Waals surface area (Å²) in [6, 6.07) is 4.75. The largest absolute Gasteiger partial charge is 0.336 e. The van der Waals surface area contributed by atoms with Crippen molar-refractivity contribution in [2.75, 3.05) is 18.1 Å². The molecular formula is C9H9Cl2N3O. The van der Waals surface area contributed by atoms with Crippen LogP contribution in [-0.4, -0.2) is 19.1 Å². The standard InChI is InChI=1S/C9H9Cl2N3O/c10-6-3-7(11)5-8(4-6)14-9(15)12-1-2-13-14/h3-5,13H,1-2H2,(H,12,15). The molecule has 6 heteroatoms. The van der Waals surface area contributed by atoms with E-state index in [4.69, 9.17) is 23.2 Å². The van der Waals surface area contributed by atoms with Crippen LogP contribution >= 0.6 is 23.2 Å². The highest BCUT2D eigenvalue weighted by molar-refractivity contribution is 6.35. The van der Waals surface area contributed by atoms with E-state index in [0.29, 0.717) is 28.8 Å². The molecular weight excluding hydrogens is 237 g/mol. The van der Waals surface area contributed by atoms with Crippen molar-refractivity contribution in [1.82, 2.24) is 10.7 Å². The van der Waals surface area contributed by atoms with Crippen molar-refractivity contribution in [2.24, 2.45) is 0 Å². The smallest absolute Gasteiger partial charge is 0.335 e. The second-order valence-electron chi connectivity index (χ2n) is 3.10. The fourth-order valence-electron chi connectivity index (χ4n) is 1.36. The Hall–Kier alpha value is -0.970. The van der Waals surface area contributed by atoms with E-state index in [1.165, 1.54) is 5.01 Å². The number of hydrazine groups is 1. The molecule has 0 unspecified atom stereocenters. The minimum Gasteiger partial charge on any atom is -0.335 e. The van der Waals surface area contributed by atoms with Gasteiger partial charge >= 0.3 is 6.03 Å². The van der Waals surface area contributed by atoms with Crippen molar-refractivity contribution >= 4 is 34.9 Å². The van der Waals surface area contributed by atoms with Crippen LogP contribution in [0.4, 0.5) is 10.5 Å². The van der Waals surface area contributed by atoms with E-state index < -0.39 is 0 Å². The number of hydrogen-bond donors (Lipinski definition) is 2. The van der Waals surface area contributed by atoms with E-state index in [-0.39, 0.29) is 6.03 Å². The van der Waals surface area contributed by atoms with Gasteiger partial charge in [-0.2, -0.15) is 0 Å². The first-order valence-electron chi connectivity index (χ1n) is 4.44. The van der Waals surface area contributed by atoms with Crippen LogP contribution in [0.3, 0.4) is 0 Å². The highest BCUT2D eigenvalue weighted by Gasteiger charge is 2.19. The summed E-state index contributed by atoms with van der Waals surface area (Å²) < 4.78 is 0. The number of rotatable bonds is 1. The van der Waals surface area contributed by atoms with Crippen LogP contribution < -0.4 is 15.8 Å². The molecule has 1 aromatic rings. The van der Waals surface area contributed by atoms with Crippen molar-refractivity contribution in [3.63, 3.8) is 0 Å². The van der Waals surface area contributed by atoms with Crippen LogP contribution in [0, 0.1) is 0 Å². The molecule has 0 bridgehead atoms. The predicted molar refractivity (Wildman–Crippen MR) is 60.3 cm³/mol. The molecule has 1 saturated heterocycles. The maximum Gasteiger partial charge on any atom is 0.336 e. The van der Waals surface area contributed by atoms with E-state index in [2.05, 4.69) is 10.7 Å². The molecule has 0 atom stereocenters. The Morgan fingerprint density at radius 1 is 1.13 bits per heavy atom. The summed E-state index contributed by atoms with van der Waals surface area (Å²) in [5.41, 5.74) is 3.57. The van der Waals surface area contributed by atoms with Gasteiger partial charge in [0.1, 0.15) is 0 Å². The van der Waals surface area contributed by atoms with Gasteiger partial charge in [0.05, 0.1) is 5.69 Å². The van der Waals surface area contributed by atoms with Gasteiger partial charge in [-0.3, -0.25) is 0 Å². The van der Waals surface area contributed by atoms with Gasteiger partial charge < -0.3 is 5.32 Å². The van der Waals surface area contributed by atoms with Gasteiger partial charge in [-0.15, -0.1) is 0 Å². The SMILES string of the molecule is O=C1NCCNN1c1cc(Cl)cc(Cl)c1. The molecule has 4 nitrogen and oxygen atoms in total. The molecule has 1 fully saturated rings. The van der Waals surface area contributed by atoms with Crippen LogP contribution in [0.2, 0.25) is 10.0 Å². The molecule has 15 heavy (non-hydrogen) atoms. The molecule has 80 valence electrons. The average Bonchev–Trinajstić information content (AvgIpc) is 2.16. The molecule has 1 aromatic carbocycles. The zero-order valence-corrected chi connectivity index (χ0v) is 9.27. The van der Waals surface area contributed by atoms with Crippen LogP contribution in [0.15, 0.2) is 18.2 Å². The Bertz CT molecular complexity index is 377. The van der Waals surface area contributed by atoms with Gasteiger partial charge in [-0.25, -0.2) is 15.2 Å². The van der Waals surface area contributed by atoms with Gasteiger partial charge in [-0.1, -0.05) is 23.2 Å². The summed E-state index contributed by atoms with van der Waals surface area (Å²) in [4.78, 5) is 11.5. The Morgan fingerprint density at radius 3 is 2.40 bits per heavy atom. The molecule has 0 radical (unpaired) electrons. The third-order valence-corrected chi connectivity index (χ3v) is 2.42. The molecule has 1 heterocycles. The number of anilines is 1. The van der Waals surface area contributed by atoms with Gasteiger partial charge in [0, 0.05) is 23.1 Å². The number of hydrogen-bond acceptors (Lipinski definition) is 2. The summed E-state index contributed by atoms with van der Waals surface area (Å²) in [5.74, 6) is 0. The molecule has 0 aromatic heterocycles. The van der Waals surface area contributed by atoms with Gasteiger partial charge in [0.2, 0.25) is 0 Å². The number of amides is 2. The topological polar surface area (TPSA) is 44.4 Å². The third kappa shape index (κ3) is 2.34. The van der Waals surface area contributed by atoms with Crippen molar-refractivity contribution < 1.29 is 4.79 Å². The number of carbonyl (C=O) groups excluding carboxylic acids is 1. The fourth-order valence-corrected chi connectivity index (χ4v) is 1.88. The van der Waals surface area contributed by atoms with E-state index in [9.17, 15) is 4.79 Å².